The van der Waals surface area contributed by atoms with Crippen LogP contribution in [0.15, 0.2) is 30.6 Å². The van der Waals surface area contributed by atoms with Crippen molar-refractivity contribution in [2.45, 2.75) is 63.5 Å². The predicted molar refractivity (Wildman–Crippen MR) is 114 cm³/mol. The Morgan fingerprint density at radius 1 is 1.32 bits per heavy atom. The standard InChI is InChI=1S/C23H31N5O3/c1-17-4-2-5-18(26-17)15-27-10-7-23(8-11-27)22-24-9-12-28(22)16-20(31-23)21(29)25-14-19-6-3-13-30-19/h2,4-5,9,12,19-20H,3,6-8,10-11,13-16H2,1H3,(H,25,29). The van der Waals surface area contributed by atoms with Gasteiger partial charge in [0.1, 0.15) is 11.4 Å². The summed E-state index contributed by atoms with van der Waals surface area (Å²) in [7, 11) is 0. The average molecular weight is 426 g/mol. The number of carbonyl (C=O) groups excluding carboxylic acids is 1. The van der Waals surface area contributed by atoms with E-state index in [9.17, 15) is 4.79 Å². The lowest BCUT2D eigenvalue weighted by molar-refractivity contribution is -0.174. The molecule has 1 spiro atoms. The molecule has 1 amide bonds. The normalized spacial score (nSPS) is 25.5. The van der Waals surface area contributed by atoms with Crippen molar-refractivity contribution in [1.29, 1.82) is 0 Å². The summed E-state index contributed by atoms with van der Waals surface area (Å²) in [5.74, 6) is 0.893. The van der Waals surface area contributed by atoms with Crippen molar-refractivity contribution < 1.29 is 14.3 Å². The van der Waals surface area contributed by atoms with Gasteiger partial charge in [-0.25, -0.2) is 4.98 Å². The summed E-state index contributed by atoms with van der Waals surface area (Å²) in [5, 5.41) is 3.04. The van der Waals surface area contributed by atoms with E-state index in [-0.39, 0.29) is 12.0 Å². The molecule has 2 fully saturated rings. The van der Waals surface area contributed by atoms with Crippen molar-refractivity contribution in [3.05, 3.63) is 47.8 Å². The van der Waals surface area contributed by atoms with Crippen molar-refractivity contribution in [2.75, 3.05) is 26.2 Å². The highest BCUT2D eigenvalue weighted by molar-refractivity contribution is 5.81. The Bertz CT molecular complexity index is 915. The number of fused-ring (bicyclic) bond motifs is 2. The molecular weight excluding hydrogens is 394 g/mol. The van der Waals surface area contributed by atoms with Crippen LogP contribution in [0.2, 0.25) is 0 Å². The maximum absolute atomic E-state index is 12.9. The van der Waals surface area contributed by atoms with Gasteiger partial charge in [-0.2, -0.15) is 0 Å². The molecule has 0 aliphatic carbocycles. The Morgan fingerprint density at radius 2 is 2.19 bits per heavy atom. The van der Waals surface area contributed by atoms with E-state index in [0.29, 0.717) is 13.1 Å². The minimum absolute atomic E-state index is 0.0550. The number of aromatic nitrogens is 3. The van der Waals surface area contributed by atoms with Gasteiger partial charge in [0.25, 0.3) is 5.91 Å². The van der Waals surface area contributed by atoms with Gasteiger partial charge in [0.2, 0.25) is 0 Å². The fourth-order valence-corrected chi connectivity index (χ4v) is 5.00. The van der Waals surface area contributed by atoms with Crippen LogP contribution in [0.4, 0.5) is 0 Å². The summed E-state index contributed by atoms with van der Waals surface area (Å²) in [4.78, 5) is 24.6. The summed E-state index contributed by atoms with van der Waals surface area (Å²) in [6.45, 7) is 6.47. The van der Waals surface area contributed by atoms with E-state index in [0.717, 1.165) is 69.1 Å². The molecule has 5 heterocycles. The first kappa shape index (κ1) is 20.6. The summed E-state index contributed by atoms with van der Waals surface area (Å²) >= 11 is 0. The minimum atomic E-state index is -0.510. The second kappa shape index (κ2) is 8.68. The molecule has 2 aromatic heterocycles. The van der Waals surface area contributed by atoms with E-state index in [1.54, 1.807) is 0 Å². The summed E-state index contributed by atoms with van der Waals surface area (Å²) in [6.07, 6.45) is 7.09. The van der Waals surface area contributed by atoms with E-state index in [4.69, 9.17) is 9.47 Å². The van der Waals surface area contributed by atoms with Gasteiger partial charge in [-0.05, 0) is 44.7 Å². The Hall–Kier alpha value is -2.29. The molecule has 3 aliphatic heterocycles. The van der Waals surface area contributed by atoms with Crippen molar-refractivity contribution >= 4 is 5.91 Å². The zero-order chi connectivity index (χ0) is 21.3. The fourth-order valence-electron chi connectivity index (χ4n) is 5.00. The second-order valence-corrected chi connectivity index (χ2v) is 8.93. The van der Waals surface area contributed by atoms with Crippen molar-refractivity contribution in [1.82, 2.24) is 24.8 Å². The van der Waals surface area contributed by atoms with Gasteiger partial charge < -0.3 is 19.4 Å². The lowest BCUT2D eigenvalue weighted by atomic mass is 9.88. The molecule has 3 aliphatic rings. The zero-order valence-corrected chi connectivity index (χ0v) is 18.1. The molecule has 1 N–H and O–H groups in total. The first-order chi connectivity index (χ1) is 15.1. The molecule has 2 aromatic rings. The molecule has 0 saturated carbocycles. The van der Waals surface area contributed by atoms with Crippen LogP contribution in [-0.2, 0) is 33.0 Å². The van der Waals surface area contributed by atoms with Gasteiger partial charge in [0.05, 0.1) is 18.3 Å². The summed E-state index contributed by atoms with van der Waals surface area (Å²) < 4.78 is 14.2. The van der Waals surface area contributed by atoms with E-state index in [2.05, 4.69) is 36.9 Å². The minimum Gasteiger partial charge on any atom is -0.376 e. The van der Waals surface area contributed by atoms with Gasteiger partial charge in [0.15, 0.2) is 6.10 Å². The van der Waals surface area contributed by atoms with Crippen molar-refractivity contribution in [3.8, 4) is 0 Å². The van der Waals surface area contributed by atoms with Gasteiger partial charge in [0, 0.05) is 50.9 Å². The number of hydrogen-bond acceptors (Lipinski definition) is 6. The number of pyridine rings is 1. The van der Waals surface area contributed by atoms with Gasteiger partial charge in [-0.15, -0.1) is 0 Å². The van der Waals surface area contributed by atoms with Crippen LogP contribution in [0.1, 0.15) is 42.9 Å². The third-order valence-corrected chi connectivity index (χ3v) is 6.67. The number of rotatable bonds is 5. The van der Waals surface area contributed by atoms with Crippen molar-refractivity contribution in [3.63, 3.8) is 0 Å². The molecular formula is C23H31N5O3. The highest BCUT2D eigenvalue weighted by Crippen LogP contribution is 2.40. The number of nitrogens with one attached hydrogen (secondary N) is 1. The third-order valence-electron chi connectivity index (χ3n) is 6.67. The number of amides is 1. The number of hydrogen-bond donors (Lipinski definition) is 1. The number of piperidine rings is 1. The predicted octanol–water partition coefficient (Wildman–Crippen LogP) is 1.77. The molecule has 0 radical (unpaired) electrons. The molecule has 8 nitrogen and oxygen atoms in total. The molecule has 2 atom stereocenters. The fraction of sp³-hybridized carbons (Fsp3) is 0.609. The number of ether oxygens (including phenoxy) is 2. The molecule has 166 valence electrons. The average Bonchev–Trinajstić information content (AvgIpc) is 3.46. The number of nitrogens with zero attached hydrogens (tertiary/aromatic N) is 4. The zero-order valence-electron chi connectivity index (χ0n) is 18.1. The van der Waals surface area contributed by atoms with Crippen LogP contribution < -0.4 is 5.32 Å². The quantitative estimate of drug-likeness (QED) is 0.786. The summed E-state index contributed by atoms with van der Waals surface area (Å²) in [6, 6.07) is 6.16. The van der Waals surface area contributed by atoms with E-state index in [1.165, 1.54) is 0 Å². The number of likely N-dealkylation sites (tertiary alicyclic amines) is 1. The Labute approximate surface area is 183 Å². The van der Waals surface area contributed by atoms with Crippen LogP contribution in [0.25, 0.3) is 0 Å². The summed E-state index contributed by atoms with van der Waals surface area (Å²) in [5.41, 5.74) is 1.62. The third kappa shape index (κ3) is 4.37. The van der Waals surface area contributed by atoms with Crippen LogP contribution in [0, 0.1) is 6.92 Å². The highest BCUT2D eigenvalue weighted by Gasteiger charge is 2.47. The maximum atomic E-state index is 12.9. The molecule has 0 aromatic carbocycles. The SMILES string of the molecule is Cc1cccc(CN2CCC3(CC2)OC(C(=O)NCC2CCCO2)Cn2ccnc23)n1. The monoisotopic (exact) mass is 425 g/mol. The van der Waals surface area contributed by atoms with Crippen LogP contribution in [-0.4, -0.2) is 63.8 Å². The lowest BCUT2D eigenvalue weighted by Crippen LogP contribution is -2.54. The molecule has 0 bridgehead atoms. The van der Waals surface area contributed by atoms with Gasteiger partial charge >= 0.3 is 0 Å². The second-order valence-electron chi connectivity index (χ2n) is 8.93. The molecule has 8 heteroatoms. The maximum Gasteiger partial charge on any atom is 0.251 e. The molecule has 2 saturated heterocycles. The highest BCUT2D eigenvalue weighted by atomic mass is 16.5. The Balaban J connectivity index is 1.24. The first-order valence-corrected chi connectivity index (χ1v) is 11.3. The first-order valence-electron chi connectivity index (χ1n) is 11.3. The van der Waals surface area contributed by atoms with Gasteiger partial charge in [-0.3, -0.25) is 14.7 Å². The number of aryl methyl sites for hydroxylation is 1. The molecule has 31 heavy (non-hydrogen) atoms. The van der Waals surface area contributed by atoms with Crippen molar-refractivity contribution in [2.24, 2.45) is 0 Å². The lowest BCUT2D eigenvalue weighted by Gasteiger charge is -2.45. The van der Waals surface area contributed by atoms with Crippen LogP contribution in [0.3, 0.4) is 0 Å². The molecule has 2 unspecified atom stereocenters. The van der Waals surface area contributed by atoms with E-state index >= 15 is 0 Å². The molecule has 5 rings (SSSR count). The smallest absolute Gasteiger partial charge is 0.251 e. The number of carbonyl (C=O) groups is 1. The van der Waals surface area contributed by atoms with Crippen LogP contribution in [0.5, 0.6) is 0 Å². The van der Waals surface area contributed by atoms with E-state index in [1.807, 2.05) is 25.4 Å². The van der Waals surface area contributed by atoms with Gasteiger partial charge in [-0.1, -0.05) is 6.07 Å². The topological polar surface area (TPSA) is 81.5 Å². The Kier molecular flexibility index (Phi) is 5.77. The Morgan fingerprint density at radius 3 is 2.97 bits per heavy atom. The largest absolute Gasteiger partial charge is 0.376 e. The van der Waals surface area contributed by atoms with E-state index < -0.39 is 11.7 Å². The van der Waals surface area contributed by atoms with Crippen LogP contribution >= 0.6 is 0 Å². The number of imidazole rings is 1.